The lowest BCUT2D eigenvalue weighted by molar-refractivity contribution is 0.0224. The van der Waals surface area contributed by atoms with E-state index in [0.717, 1.165) is 49.0 Å². The number of nitrogens with two attached hydrogens (primary N) is 1. The minimum Gasteiger partial charge on any atom is -0.477 e. The van der Waals surface area contributed by atoms with Crippen LogP contribution in [0.4, 0.5) is 16.2 Å². The molecule has 0 spiro atoms. The van der Waals surface area contributed by atoms with Crippen LogP contribution in [0.25, 0.3) is 11.3 Å². The second-order valence-electron chi connectivity index (χ2n) is 11.5. The summed E-state index contributed by atoms with van der Waals surface area (Å²) in [7, 11) is 3.17. The van der Waals surface area contributed by atoms with Gasteiger partial charge in [-0.25, -0.2) is 14.3 Å². The average Bonchev–Trinajstić information content (AvgIpc) is 3.31. The van der Waals surface area contributed by atoms with Crippen LogP contribution in [-0.4, -0.2) is 64.1 Å². The van der Waals surface area contributed by atoms with Gasteiger partial charge in [0.05, 0.1) is 48.1 Å². The highest BCUT2D eigenvalue weighted by molar-refractivity contribution is 5.90. The second-order valence-corrected chi connectivity index (χ2v) is 11.5. The molecule has 4 rings (SSSR count). The highest BCUT2D eigenvalue weighted by Crippen LogP contribution is 2.32. The molecule has 3 aromatic rings. The number of aromatic nitrogens is 3. The minimum absolute atomic E-state index is 0.291. The van der Waals surface area contributed by atoms with Crippen LogP contribution in [0.5, 0.6) is 5.88 Å². The van der Waals surface area contributed by atoms with E-state index in [1.54, 1.807) is 27.9 Å². The first-order chi connectivity index (χ1) is 20.0. The molecule has 1 aromatic carbocycles. The number of unbranched alkanes of at least 4 members (excludes halogenated alkanes) is 2. The van der Waals surface area contributed by atoms with Crippen LogP contribution in [0, 0.1) is 6.92 Å². The van der Waals surface area contributed by atoms with Gasteiger partial charge in [0.25, 0.3) is 0 Å². The molecular formula is C31H42N6O5. The molecule has 0 aliphatic carbocycles. The number of ether oxygens (including phenoxy) is 3. The first-order valence-corrected chi connectivity index (χ1v) is 14.3. The summed E-state index contributed by atoms with van der Waals surface area (Å²) in [6.45, 7) is 9.85. The molecule has 3 N–H and O–H groups in total. The summed E-state index contributed by atoms with van der Waals surface area (Å²) in [6.07, 6.45) is 4.88. The molecular weight excluding hydrogens is 536 g/mol. The van der Waals surface area contributed by atoms with Crippen molar-refractivity contribution in [3.05, 3.63) is 52.8 Å². The molecule has 226 valence electrons. The summed E-state index contributed by atoms with van der Waals surface area (Å²) >= 11 is 0. The van der Waals surface area contributed by atoms with Gasteiger partial charge in [0, 0.05) is 32.4 Å². The van der Waals surface area contributed by atoms with Gasteiger partial charge in [-0.15, -0.1) is 0 Å². The first-order valence-electron chi connectivity index (χ1n) is 14.3. The molecule has 42 heavy (non-hydrogen) atoms. The van der Waals surface area contributed by atoms with E-state index in [-0.39, 0.29) is 6.09 Å². The van der Waals surface area contributed by atoms with E-state index >= 15 is 0 Å². The Morgan fingerprint density at radius 1 is 1.14 bits per heavy atom. The molecule has 0 atom stereocenters. The van der Waals surface area contributed by atoms with Crippen LogP contribution in [-0.2, 0) is 29.5 Å². The Morgan fingerprint density at radius 2 is 1.93 bits per heavy atom. The average molecular weight is 579 g/mol. The molecule has 3 heterocycles. The normalized spacial score (nSPS) is 13.0. The highest BCUT2D eigenvalue weighted by Gasteiger charge is 2.27. The van der Waals surface area contributed by atoms with Crippen LogP contribution < -0.4 is 15.8 Å². The van der Waals surface area contributed by atoms with Crippen LogP contribution in [0.15, 0.2) is 30.5 Å². The van der Waals surface area contributed by atoms with E-state index < -0.39 is 11.6 Å². The number of pyridine rings is 1. The van der Waals surface area contributed by atoms with Crippen molar-refractivity contribution in [2.24, 2.45) is 7.05 Å². The molecule has 11 heteroatoms. The van der Waals surface area contributed by atoms with E-state index in [9.17, 15) is 9.59 Å². The zero-order chi connectivity index (χ0) is 30.4. The number of carbonyl (C=O) groups is 2. The van der Waals surface area contributed by atoms with Crippen molar-refractivity contribution >= 4 is 23.4 Å². The van der Waals surface area contributed by atoms with Gasteiger partial charge in [0.2, 0.25) is 5.88 Å². The van der Waals surface area contributed by atoms with Crippen molar-refractivity contribution < 1.29 is 23.8 Å². The lowest BCUT2D eigenvalue weighted by atomic mass is 9.96. The lowest BCUT2D eigenvalue weighted by Crippen LogP contribution is -2.40. The number of esters is 1. The Balaban J connectivity index is 1.27. The number of hydrogen-bond donors (Lipinski definition) is 2. The van der Waals surface area contributed by atoms with Crippen molar-refractivity contribution in [3.63, 3.8) is 0 Å². The molecule has 2 aromatic heterocycles. The van der Waals surface area contributed by atoms with Crippen LogP contribution >= 0.6 is 0 Å². The number of aryl methyl sites for hydroxylation is 2. The van der Waals surface area contributed by atoms with E-state index in [4.69, 9.17) is 19.9 Å². The standard InChI is InChI=1S/C31H42N6O5/c1-20-16-22(29(38)40-6)17-26(35-20)24-18-34-36(5)28(24)41-15-9-7-8-13-33-27-23-12-14-37(30(39)42-31(2,3)4)19-21(23)10-11-25(27)32/h10-11,16-18,33H,7-9,12-15,19,32H2,1-6H3. The molecule has 0 radical (unpaired) electrons. The summed E-state index contributed by atoms with van der Waals surface area (Å²) in [5.41, 5.74) is 12.2. The van der Waals surface area contributed by atoms with Gasteiger partial charge >= 0.3 is 12.1 Å². The van der Waals surface area contributed by atoms with Crippen molar-refractivity contribution in [2.45, 2.75) is 65.5 Å². The maximum Gasteiger partial charge on any atom is 0.410 e. The third-order valence-corrected chi connectivity index (χ3v) is 6.98. The van der Waals surface area contributed by atoms with Crippen molar-refractivity contribution in [1.82, 2.24) is 19.7 Å². The summed E-state index contributed by atoms with van der Waals surface area (Å²) in [6, 6.07) is 7.28. The van der Waals surface area contributed by atoms with E-state index in [1.807, 2.05) is 46.9 Å². The molecule has 0 saturated heterocycles. The molecule has 0 saturated carbocycles. The lowest BCUT2D eigenvalue weighted by Gasteiger charge is -2.32. The predicted molar refractivity (Wildman–Crippen MR) is 162 cm³/mol. The Hall–Kier alpha value is -4.28. The number of methoxy groups -OCH3 is 1. The van der Waals surface area contributed by atoms with Gasteiger partial charge in [0.15, 0.2) is 0 Å². The number of amides is 1. The molecule has 1 amide bonds. The van der Waals surface area contributed by atoms with E-state index in [1.165, 1.54) is 12.7 Å². The molecule has 11 nitrogen and oxygen atoms in total. The zero-order valence-electron chi connectivity index (χ0n) is 25.5. The van der Waals surface area contributed by atoms with Gasteiger partial charge in [-0.05, 0) is 82.7 Å². The topological polar surface area (TPSA) is 134 Å². The van der Waals surface area contributed by atoms with Crippen molar-refractivity contribution in [3.8, 4) is 17.1 Å². The fourth-order valence-electron chi connectivity index (χ4n) is 4.97. The van der Waals surface area contributed by atoms with E-state index in [0.29, 0.717) is 48.2 Å². The van der Waals surface area contributed by atoms with Crippen molar-refractivity contribution in [2.75, 3.05) is 37.9 Å². The quantitative estimate of drug-likeness (QED) is 0.191. The van der Waals surface area contributed by atoms with Crippen LogP contribution in [0.1, 0.15) is 67.2 Å². The summed E-state index contributed by atoms with van der Waals surface area (Å²) < 4.78 is 18.2. The monoisotopic (exact) mass is 578 g/mol. The van der Waals surface area contributed by atoms with Gasteiger partial charge in [-0.2, -0.15) is 5.10 Å². The van der Waals surface area contributed by atoms with Gasteiger partial charge in [-0.3, -0.25) is 4.98 Å². The van der Waals surface area contributed by atoms with E-state index in [2.05, 4.69) is 15.4 Å². The Bertz CT molecular complexity index is 1430. The molecule has 1 aliphatic heterocycles. The number of nitrogen functional groups attached to an aromatic ring is 1. The Morgan fingerprint density at radius 3 is 2.67 bits per heavy atom. The number of hydrogen-bond acceptors (Lipinski definition) is 9. The summed E-state index contributed by atoms with van der Waals surface area (Å²) in [5.74, 6) is 0.188. The third kappa shape index (κ3) is 7.51. The molecule has 0 fully saturated rings. The fraction of sp³-hybridized carbons (Fsp3) is 0.484. The maximum atomic E-state index is 12.5. The fourth-order valence-corrected chi connectivity index (χ4v) is 4.97. The smallest absolute Gasteiger partial charge is 0.410 e. The van der Waals surface area contributed by atoms with Gasteiger partial charge in [0.1, 0.15) is 5.60 Å². The number of carbonyl (C=O) groups excluding carboxylic acids is 2. The minimum atomic E-state index is -0.524. The number of nitrogens with zero attached hydrogens (tertiary/aromatic N) is 4. The number of fused-ring (bicyclic) bond motifs is 1. The van der Waals surface area contributed by atoms with Crippen LogP contribution in [0.3, 0.4) is 0 Å². The SMILES string of the molecule is COC(=O)c1cc(C)nc(-c2cnn(C)c2OCCCCCNc2c(N)ccc3c2CCN(C(=O)OC(C)(C)C)C3)c1. The largest absolute Gasteiger partial charge is 0.477 e. The highest BCUT2D eigenvalue weighted by atomic mass is 16.6. The van der Waals surface area contributed by atoms with Gasteiger partial charge in [-0.1, -0.05) is 6.07 Å². The number of anilines is 2. The Kier molecular flexibility index (Phi) is 9.59. The zero-order valence-corrected chi connectivity index (χ0v) is 25.5. The van der Waals surface area contributed by atoms with Crippen LogP contribution in [0.2, 0.25) is 0 Å². The molecule has 1 aliphatic rings. The number of rotatable bonds is 10. The maximum absolute atomic E-state index is 12.5. The summed E-state index contributed by atoms with van der Waals surface area (Å²) in [5, 5.41) is 7.87. The van der Waals surface area contributed by atoms with Gasteiger partial charge < -0.3 is 30.2 Å². The molecule has 0 bridgehead atoms. The third-order valence-electron chi connectivity index (χ3n) is 6.98. The number of nitrogens with one attached hydrogen (secondary N) is 1. The number of benzene rings is 1. The van der Waals surface area contributed by atoms with Crippen molar-refractivity contribution in [1.29, 1.82) is 0 Å². The Labute approximate surface area is 247 Å². The molecule has 0 unspecified atom stereocenters. The summed E-state index contributed by atoms with van der Waals surface area (Å²) in [4.78, 5) is 30.9. The first kappa shape index (κ1) is 30.7. The second kappa shape index (κ2) is 13.1. The predicted octanol–water partition coefficient (Wildman–Crippen LogP) is 5.11.